The molecule has 0 amide bonds. The smallest absolute Gasteiger partial charge is 0.178 e. The van der Waals surface area contributed by atoms with E-state index >= 15 is 0 Å². The van der Waals surface area contributed by atoms with E-state index in [-0.39, 0.29) is 5.82 Å². The highest BCUT2D eigenvalue weighted by molar-refractivity contribution is 7.71. The highest BCUT2D eigenvalue weighted by atomic mass is 32.1. The highest BCUT2D eigenvalue weighted by Crippen LogP contribution is 2.27. The Kier molecular flexibility index (Phi) is 3.69. The van der Waals surface area contributed by atoms with Gasteiger partial charge in [-0.1, -0.05) is 32.1 Å². The molecule has 0 radical (unpaired) electrons. The van der Waals surface area contributed by atoms with Gasteiger partial charge in [0.2, 0.25) is 0 Å². The molecule has 102 valence electrons. The minimum absolute atomic E-state index is 0.201. The second-order valence-corrected chi connectivity index (χ2v) is 5.92. The SMILES string of the molecule is Fc1ccc2[nH]c(=S)n(CCC3CCCCC3)c2c1. The maximum absolute atomic E-state index is 13.4. The number of hydrogen-bond acceptors (Lipinski definition) is 1. The van der Waals surface area contributed by atoms with Gasteiger partial charge in [0.25, 0.3) is 0 Å². The summed E-state index contributed by atoms with van der Waals surface area (Å²) in [5.41, 5.74) is 1.82. The third kappa shape index (κ3) is 2.73. The average Bonchev–Trinajstić information content (AvgIpc) is 2.73. The number of nitrogens with one attached hydrogen (secondary N) is 1. The summed E-state index contributed by atoms with van der Waals surface area (Å²) in [4.78, 5) is 3.15. The first kappa shape index (κ1) is 12.9. The van der Waals surface area contributed by atoms with Crippen LogP contribution in [0.25, 0.3) is 11.0 Å². The van der Waals surface area contributed by atoms with E-state index in [2.05, 4.69) is 4.98 Å². The zero-order valence-electron chi connectivity index (χ0n) is 11.0. The van der Waals surface area contributed by atoms with Crippen molar-refractivity contribution in [3.8, 4) is 0 Å². The Morgan fingerprint density at radius 1 is 1.26 bits per heavy atom. The number of hydrogen-bond donors (Lipinski definition) is 1. The van der Waals surface area contributed by atoms with Crippen LogP contribution in [0.5, 0.6) is 0 Å². The van der Waals surface area contributed by atoms with Crippen molar-refractivity contribution in [2.45, 2.75) is 45.1 Å². The van der Waals surface area contributed by atoms with Gasteiger partial charge in [-0.3, -0.25) is 0 Å². The van der Waals surface area contributed by atoms with Gasteiger partial charge in [0, 0.05) is 6.54 Å². The molecule has 1 saturated carbocycles. The lowest BCUT2D eigenvalue weighted by atomic mass is 9.87. The first-order valence-electron chi connectivity index (χ1n) is 7.12. The van der Waals surface area contributed by atoms with Crippen molar-refractivity contribution in [3.63, 3.8) is 0 Å². The largest absolute Gasteiger partial charge is 0.331 e. The van der Waals surface area contributed by atoms with Gasteiger partial charge in [0.05, 0.1) is 11.0 Å². The van der Waals surface area contributed by atoms with E-state index in [4.69, 9.17) is 12.2 Å². The van der Waals surface area contributed by atoms with Gasteiger partial charge in [-0.2, -0.15) is 0 Å². The van der Waals surface area contributed by atoms with Crippen LogP contribution in [0.2, 0.25) is 0 Å². The lowest BCUT2D eigenvalue weighted by molar-refractivity contribution is 0.325. The predicted molar refractivity (Wildman–Crippen MR) is 78.3 cm³/mol. The van der Waals surface area contributed by atoms with Gasteiger partial charge in [0.15, 0.2) is 4.77 Å². The number of fused-ring (bicyclic) bond motifs is 1. The molecule has 0 saturated heterocycles. The Balaban J connectivity index is 1.81. The van der Waals surface area contributed by atoms with Crippen molar-refractivity contribution in [2.24, 2.45) is 5.92 Å². The van der Waals surface area contributed by atoms with Crippen LogP contribution in [-0.4, -0.2) is 9.55 Å². The molecule has 19 heavy (non-hydrogen) atoms. The number of nitrogens with zero attached hydrogens (tertiary/aromatic N) is 1. The Morgan fingerprint density at radius 3 is 2.84 bits per heavy atom. The van der Waals surface area contributed by atoms with Gasteiger partial charge in [0.1, 0.15) is 5.82 Å². The number of aromatic nitrogens is 2. The summed E-state index contributed by atoms with van der Waals surface area (Å²) in [6, 6.07) is 4.80. The zero-order chi connectivity index (χ0) is 13.2. The Morgan fingerprint density at radius 2 is 2.05 bits per heavy atom. The molecule has 1 heterocycles. The molecule has 0 spiro atoms. The first-order valence-corrected chi connectivity index (χ1v) is 7.53. The number of aryl methyl sites for hydroxylation is 1. The summed E-state index contributed by atoms with van der Waals surface area (Å²) in [7, 11) is 0. The number of benzene rings is 1. The van der Waals surface area contributed by atoms with Crippen LogP contribution in [0.15, 0.2) is 18.2 Å². The van der Waals surface area contributed by atoms with Crippen LogP contribution in [0.1, 0.15) is 38.5 Å². The van der Waals surface area contributed by atoms with Crippen molar-refractivity contribution in [3.05, 3.63) is 28.8 Å². The summed E-state index contributed by atoms with van der Waals surface area (Å²) < 4.78 is 16.1. The van der Waals surface area contributed by atoms with Crippen LogP contribution in [0, 0.1) is 16.5 Å². The molecule has 0 unspecified atom stereocenters. The third-order valence-corrected chi connectivity index (χ3v) is 4.55. The van der Waals surface area contributed by atoms with Crippen LogP contribution in [0.4, 0.5) is 4.39 Å². The fraction of sp³-hybridized carbons (Fsp3) is 0.533. The monoisotopic (exact) mass is 278 g/mol. The maximum Gasteiger partial charge on any atom is 0.178 e. The molecule has 1 aliphatic rings. The molecule has 0 atom stereocenters. The topological polar surface area (TPSA) is 20.7 Å². The summed E-state index contributed by atoms with van der Waals surface area (Å²) in [6.45, 7) is 0.896. The number of halogens is 1. The van der Waals surface area contributed by atoms with Crippen molar-refractivity contribution in [2.75, 3.05) is 0 Å². The quantitative estimate of drug-likeness (QED) is 0.799. The molecular weight excluding hydrogens is 259 g/mol. The summed E-state index contributed by atoms with van der Waals surface area (Å²) >= 11 is 5.35. The van der Waals surface area contributed by atoms with Gasteiger partial charge < -0.3 is 9.55 Å². The van der Waals surface area contributed by atoms with Crippen molar-refractivity contribution in [1.29, 1.82) is 0 Å². The fourth-order valence-corrected chi connectivity index (χ4v) is 3.43. The molecule has 3 rings (SSSR count). The van der Waals surface area contributed by atoms with Crippen LogP contribution in [0.3, 0.4) is 0 Å². The first-order chi connectivity index (χ1) is 9.24. The average molecular weight is 278 g/mol. The fourth-order valence-electron chi connectivity index (χ4n) is 3.14. The molecule has 1 aromatic heterocycles. The Bertz CT molecular complexity index is 623. The maximum atomic E-state index is 13.4. The Hall–Kier alpha value is -1.16. The number of imidazole rings is 1. The molecule has 4 heteroatoms. The Labute approximate surface area is 117 Å². The van der Waals surface area contributed by atoms with Crippen molar-refractivity contribution < 1.29 is 4.39 Å². The third-order valence-electron chi connectivity index (χ3n) is 4.22. The molecule has 0 bridgehead atoms. The normalized spacial score (nSPS) is 17.1. The lowest BCUT2D eigenvalue weighted by Gasteiger charge is -2.21. The van der Waals surface area contributed by atoms with Crippen molar-refractivity contribution in [1.82, 2.24) is 9.55 Å². The molecular formula is C15H19FN2S. The predicted octanol–water partition coefficient (Wildman–Crippen LogP) is 4.81. The van der Waals surface area contributed by atoms with Gasteiger partial charge in [-0.05, 0) is 42.8 Å². The minimum atomic E-state index is -0.201. The van der Waals surface area contributed by atoms with Crippen LogP contribution < -0.4 is 0 Å². The molecule has 1 aliphatic carbocycles. The van der Waals surface area contributed by atoms with E-state index in [9.17, 15) is 4.39 Å². The molecule has 0 aliphatic heterocycles. The molecule has 1 aromatic carbocycles. The molecule has 1 N–H and O–H groups in total. The second kappa shape index (κ2) is 5.45. The van der Waals surface area contributed by atoms with Crippen LogP contribution in [-0.2, 0) is 6.54 Å². The standard InChI is InChI=1S/C15H19FN2S/c16-12-6-7-13-14(10-12)18(15(19)17-13)9-8-11-4-2-1-3-5-11/h6-7,10-11H,1-5,8-9H2,(H,17,19). The van der Waals surface area contributed by atoms with E-state index in [1.807, 2.05) is 4.57 Å². The van der Waals surface area contributed by atoms with Gasteiger partial charge in [-0.25, -0.2) is 4.39 Å². The summed E-state index contributed by atoms with van der Waals surface area (Å²) in [5, 5.41) is 0. The lowest BCUT2D eigenvalue weighted by Crippen LogP contribution is -2.10. The minimum Gasteiger partial charge on any atom is -0.331 e. The number of aromatic amines is 1. The molecule has 2 aromatic rings. The second-order valence-electron chi connectivity index (χ2n) is 5.54. The molecule has 1 fully saturated rings. The van der Waals surface area contributed by atoms with E-state index in [1.165, 1.54) is 38.2 Å². The zero-order valence-corrected chi connectivity index (χ0v) is 11.8. The van der Waals surface area contributed by atoms with Crippen molar-refractivity contribution >= 4 is 23.3 Å². The summed E-state index contributed by atoms with van der Waals surface area (Å²) in [5.74, 6) is 0.613. The molecule has 2 nitrogen and oxygen atoms in total. The van der Waals surface area contributed by atoms with E-state index in [0.717, 1.165) is 29.9 Å². The van der Waals surface area contributed by atoms with E-state index in [0.29, 0.717) is 4.77 Å². The van der Waals surface area contributed by atoms with Crippen LogP contribution >= 0.6 is 12.2 Å². The highest BCUT2D eigenvalue weighted by Gasteiger charge is 2.14. The number of H-pyrrole nitrogens is 1. The van der Waals surface area contributed by atoms with Gasteiger partial charge >= 0.3 is 0 Å². The summed E-state index contributed by atoms with van der Waals surface area (Å²) in [6.07, 6.45) is 7.93. The van der Waals surface area contributed by atoms with E-state index in [1.54, 1.807) is 12.1 Å². The van der Waals surface area contributed by atoms with E-state index < -0.39 is 0 Å². The van der Waals surface area contributed by atoms with Gasteiger partial charge in [-0.15, -0.1) is 0 Å². The number of rotatable bonds is 3.